The molecule has 0 aliphatic carbocycles. The van der Waals surface area contributed by atoms with Gasteiger partial charge in [-0.25, -0.2) is 0 Å². The summed E-state index contributed by atoms with van der Waals surface area (Å²) in [6, 6.07) is 10.7. The average molecular weight is 232 g/mol. The molecule has 1 rings (SSSR count). The molecule has 0 nitrogen and oxygen atoms in total. The molecule has 0 heterocycles. The van der Waals surface area contributed by atoms with Gasteiger partial charge in [-0.2, -0.15) is 0 Å². The molecule has 0 aliphatic heterocycles. The van der Waals surface area contributed by atoms with Crippen LogP contribution in [0.3, 0.4) is 0 Å². The van der Waals surface area contributed by atoms with Gasteiger partial charge in [-0.1, -0.05) is 69.4 Å². The van der Waals surface area contributed by atoms with Gasteiger partial charge in [-0.05, 0) is 23.6 Å². The first-order valence-electron chi connectivity index (χ1n) is 6.19. The Morgan fingerprint density at radius 3 is 2.19 bits per heavy atom. The first-order valence-corrected chi connectivity index (χ1v) is 9.76. The lowest BCUT2D eigenvalue weighted by molar-refractivity contribution is 0.915. The molecule has 16 heavy (non-hydrogen) atoms. The Morgan fingerprint density at radius 2 is 1.75 bits per heavy atom. The number of benzene rings is 1. The summed E-state index contributed by atoms with van der Waals surface area (Å²) in [5, 5.41) is 0. The fourth-order valence-electron chi connectivity index (χ4n) is 2.08. The Bertz CT molecular complexity index is 343. The molecule has 0 unspecified atom stereocenters. The van der Waals surface area contributed by atoms with Gasteiger partial charge < -0.3 is 0 Å². The third-order valence-electron chi connectivity index (χ3n) is 3.23. The maximum atomic E-state index is 2.49. The van der Waals surface area contributed by atoms with Gasteiger partial charge in [-0.3, -0.25) is 0 Å². The van der Waals surface area contributed by atoms with Crippen molar-refractivity contribution in [3.8, 4) is 0 Å². The van der Waals surface area contributed by atoms with Crippen LogP contribution in [0.15, 0.2) is 36.4 Å². The van der Waals surface area contributed by atoms with Gasteiger partial charge in [0, 0.05) is 0 Å². The fourth-order valence-corrected chi connectivity index (χ4v) is 4.05. The van der Waals surface area contributed by atoms with Crippen molar-refractivity contribution in [3.63, 3.8) is 0 Å². The molecule has 0 saturated heterocycles. The molecule has 1 heteroatoms. The lowest BCUT2D eigenvalue weighted by Crippen LogP contribution is -2.26. The monoisotopic (exact) mass is 232 g/mol. The zero-order valence-electron chi connectivity index (χ0n) is 11.2. The summed E-state index contributed by atoms with van der Waals surface area (Å²) in [5.41, 5.74) is 3.57. The van der Waals surface area contributed by atoms with E-state index in [1.807, 2.05) is 0 Å². The van der Waals surface area contributed by atoms with E-state index in [1.165, 1.54) is 17.6 Å². The normalized spacial score (nSPS) is 14.9. The van der Waals surface area contributed by atoms with Crippen molar-refractivity contribution in [2.24, 2.45) is 0 Å². The van der Waals surface area contributed by atoms with Gasteiger partial charge in [0.15, 0.2) is 0 Å². The summed E-state index contributed by atoms with van der Waals surface area (Å²) in [6.07, 6.45) is 3.75. The quantitative estimate of drug-likeness (QED) is 0.625. The number of allylic oxidation sites excluding steroid dienone is 2. The molecular weight excluding hydrogens is 208 g/mol. The van der Waals surface area contributed by atoms with Crippen molar-refractivity contribution >= 4 is 13.6 Å². The van der Waals surface area contributed by atoms with Gasteiger partial charge in [-0.15, -0.1) is 0 Å². The second-order valence-electron chi connectivity index (χ2n) is 5.60. The summed E-state index contributed by atoms with van der Waals surface area (Å²) in [6.45, 7) is 11.9. The second kappa shape index (κ2) is 5.49. The molecule has 1 aromatic carbocycles. The van der Waals surface area contributed by atoms with Crippen LogP contribution in [0, 0.1) is 0 Å². The second-order valence-corrected chi connectivity index (χ2v) is 11.1. The third kappa shape index (κ3) is 3.64. The maximum absolute atomic E-state index is 2.49. The largest absolute Gasteiger partial charge is 0.0806 e. The third-order valence-corrected chi connectivity index (χ3v) is 6.03. The van der Waals surface area contributed by atoms with E-state index in [2.05, 4.69) is 69.9 Å². The van der Waals surface area contributed by atoms with Crippen molar-refractivity contribution in [1.82, 2.24) is 0 Å². The van der Waals surface area contributed by atoms with Crippen LogP contribution >= 0.6 is 0 Å². The van der Waals surface area contributed by atoms with Crippen molar-refractivity contribution in [1.29, 1.82) is 0 Å². The highest BCUT2D eigenvalue weighted by molar-refractivity contribution is 6.78. The van der Waals surface area contributed by atoms with Gasteiger partial charge in [0.1, 0.15) is 0 Å². The van der Waals surface area contributed by atoms with Crippen LogP contribution in [-0.4, -0.2) is 8.07 Å². The van der Waals surface area contributed by atoms with Crippen LogP contribution in [0.5, 0.6) is 0 Å². The van der Waals surface area contributed by atoms with E-state index in [4.69, 9.17) is 0 Å². The summed E-state index contributed by atoms with van der Waals surface area (Å²) in [5.74, 6) is 0. The van der Waals surface area contributed by atoms with Crippen LogP contribution in [0.1, 0.15) is 25.8 Å². The van der Waals surface area contributed by atoms with E-state index < -0.39 is 8.07 Å². The molecule has 0 amide bonds. The Labute approximate surface area is 101 Å². The minimum absolute atomic E-state index is 0.785. The molecule has 0 aromatic heterocycles. The molecule has 88 valence electrons. The lowest BCUT2D eigenvalue weighted by atomic mass is 10.1. The summed E-state index contributed by atoms with van der Waals surface area (Å²) in [4.78, 5) is 0. The predicted octanol–water partition coefficient (Wildman–Crippen LogP) is 5.21. The molecule has 0 fully saturated rings. The molecule has 0 radical (unpaired) electrons. The van der Waals surface area contributed by atoms with E-state index in [-0.39, 0.29) is 0 Å². The van der Waals surface area contributed by atoms with Crippen molar-refractivity contribution in [2.45, 2.75) is 45.5 Å². The molecule has 0 bridgehead atoms. The minimum Gasteiger partial charge on any atom is -0.0806 e. The Morgan fingerprint density at radius 1 is 1.19 bits per heavy atom. The Kier molecular flexibility index (Phi) is 4.54. The van der Waals surface area contributed by atoms with Crippen LogP contribution in [0.4, 0.5) is 0 Å². The zero-order valence-corrected chi connectivity index (χ0v) is 12.2. The molecule has 0 aliphatic rings. The predicted molar refractivity (Wildman–Crippen MR) is 77.5 cm³/mol. The van der Waals surface area contributed by atoms with Crippen molar-refractivity contribution in [3.05, 3.63) is 42.0 Å². The SMILES string of the molecule is CC[C@@H](/C=C(\C)c1ccccc1)[Si](C)(C)C. The van der Waals surface area contributed by atoms with Gasteiger partial charge >= 0.3 is 0 Å². The first kappa shape index (κ1) is 13.2. The molecule has 1 atom stereocenters. The Hall–Kier alpha value is -0.823. The molecule has 1 aromatic rings. The van der Waals surface area contributed by atoms with Gasteiger partial charge in [0.2, 0.25) is 0 Å². The van der Waals surface area contributed by atoms with Crippen molar-refractivity contribution < 1.29 is 0 Å². The van der Waals surface area contributed by atoms with E-state index >= 15 is 0 Å². The zero-order chi connectivity index (χ0) is 12.2. The number of hydrogen-bond donors (Lipinski definition) is 0. The van der Waals surface area contributed by atoms with E-state index in [9.17, 15) is 0 Å². The molecule has 0 saturated carbocycles. The van der Waals surface area contributed by atoms with Gasteiger partial charge in [0.25, 0.3) is 0 Å². The topological polar surface area (TPSA) is 0 Å². The summed E-state index contributed by atoms with van der Waals surface area (Å²) in [7, 11) is -1.06. The van der Waals surface area contributed by atoms with Crippen LogP contribution in [-0.2, 0) is 0 Å². The highest BCUT2D eigenvalue weighted by atomic mass is 28.3. The number of rotatable bonds is 4. The summed E-state index contributed by atoms with van der Waals surface area (Å²) >= 11 is 0. The van der Waals surface area contributed by atoms with Gasteiger partial charge in [0.05, 0.1) is 8.07 Å². The van der Waals surface area contributed by atoms with E-state index in [1.54, 1.807) is 0 Å². The van der Waals surface area contributed by atoms with E-state index in [0.29, 0.717) is 0 Å². The standard InChI is InChI=1S/C15H24Si/c1-6-15(16(3,4)5)12-13(2)14-10-8-7-9-11-14/h7-12,15H,6H2,1-5H3/b13-12+/t15-/m0/s1. The molecule has 0 N–H and O–H groups in total. The van der Waals surface area contributed by atoms with Crippen LogP contribution in [0.25, 0.3) is 5.57 Å². The van der Waals surface area contributed by atoms with E-state index in [0.717, 1.165) is 5.54 Å². The van der Waals surface area contributed by atoms with Crippen LogP contribution < -0.4 is 0 Å². The fraction of sp³-hybridized carbons (Fsp3) is 0.467. The maximum Gasteiger partial charge on any atom is 0.0513 e. The van der Waals surface area contributed by atoms with Crippen LogP contribution in [0.2, 0.25) is 25.2 Å². The molecule has 0 spiro atoms. The van der Waals surface area contributed by atoms with Crippen molar-refractivity contribution in [2.75, 3.05) is 0 Å². The highest BCUT2D eigenvalue weighted by Crippen LogP contribution is 2.30. The smallest absolute Gasteiger partial charge is 0.0513 e. The average Bonchev–Trinajstić information content (AvgIpc) is 2.25. The molecular formula is C15H24Si. The minimum atomic E-state index is -1.06. The Balaban J connectivity index is 2.92. The summed E-state index contributed by atoms with van der Waals surface area (Å²) < 4.78 is 0. The first-order chi connectivity index (χ1) is 7.45. The lowest BCUT2D eigenvalue weighted by Gasteiger charge is -2.25. The highest BCUT2D eigenvalue weighted by Gasteiger charge is 2.22. The number of hydrogen-bond acceptors (Lipinski definition) is 0.